The standard InChI is InChI=1S/C36H38N4O3S/c1-24-6-13-31(14-7-24)44(42,43)40-23-34(26-8-10-28(11-9-26)36(41)38(3)4)33-21-30(22-37-35(33)40)29-12-15-32(25(2)20-29)27-16-18-39(5)19-17-27/h6-15,20-23,27H,16-19H2,1-5H3. The van der Waals surface area contributed by atoms with E-state index in [2.05, 4.69) is 37.1 Å². The fraction of sp³-hybridized carbons (Fsp3) is 0.278. The molecule has 1 saturated heterocycles. The Bertz CT molecular complexity index is 1950. The predicted octanol–water partition coefficient (Wildman–Crippen LogP) is 6.74. The van der Waals surface area contributed by atoms with Gasteiger partial charge >= 0.3 is 0 Å². The van der Waals surface area contributed by atoms with Crippen LogP contribution in [-0.4, -0.2) is 67.3 Å². The van der Waals surface area contributed by atoms with E-state index in [0.29, 0.717) is 17.1 Å². The number of aryl methyl sites for hydroxylation is 2. The lowest BCUT2D eigenvalue weighted by Crippen LogP contribution is -2.29. The third-order valence-corrected chi connectivity index (χ3v) is 10.5. The summed E-state index contributed by atoms with van der Waals surface area (Å²) in [5.41, 5.74) is 8.06. The van der Waals surface area contributed by atoms with E-state index < -0.39 is 10.0 Å². The summed E-state index contributed by atoms with van der Waals surface area (Å²) in [5.74, 6) is 0.472. The van der Waals surface area contributed by atoms with Gasteiger partial charge in [0.05, 0.1) is 4.90 Å². The SMILES string of the molecule is Cc1ccc(S(=O)(=O)n2cc(-c3ccc(C(=O)N(C)C)cc3)c3cc(-c4ccc(C5CCN(C)CC5)c(C)c4)cnc32)cc1. The molecule has 0 radical (unpaired) electrons. The molecular formula is C36H38N4O3S. The van der Waals surface area contributed by atoms with Crippen molar-refractivity contribution in [1.82, 2.24) is 18.8 Å². The van der Waals surface area contributed by atoms with E-state index in [1.54, 1.807) is 62.9 Å². The van der Waals surface area contributed by atoms with Gasteiger partial charge in [0, 0.05) is 48.6 Å². The summed E-state index contributed by atoms with van der Waals surface area (Å²) in [4.78, 5) is 21.4. The van der Waals surface area contributed by atoms with Crippen LogP contribution in [0.5, 0.6) is 0 Å². The van der Waals surface area contributed by atoms with Crippen molar-refractivity contribution in [2.45, 2.75) is 37.5 Å². The van der Waals surface area contributed by atoms with E-state index in [1.807, 2.05) is 25.1 Å². The summed E-state index contributed by atoms with van der Waals surface area (Å²) in [5, 5.41) is 0.724. The van der Waals surface area contributed by atoms with Crippen LogP contribution >= 0.6 is 0 Å². The molecule has 0 bridgehead atoms. The number of hydrogen-bond acceptors (Lipinski definition) is 5. The van der Waals surface area contributed by atoms with E-state index in [9.17, 15) is 13.2 Å². The van der Waals surface area contributed by atoms with Gasteiger partial charge in [0.2, 0.25) is 0 Å². The van der Waals surface area contributed by atoms with E-state index in [1.165, 1.54) is 20.0 Å². The Morgan fingerprint density at radius 2 is 1.52 bits per heavy atom. The van der Waals surface area contributed by atoms with Gasteiger partial charge in [-0.1, -0.05) is 48.0 Å². The average Bonchev–Trinajstić information content (AvgIpc) is 3.41. The van der Waals surface area contributed by atoms with Gasteiger partial charge in [-0.3, -0.25) is 4.79 Å². The topological polar surface area (TPSA) is 75.5 Å². The molecule has 0 N–H and O–H groups in total. The molecule has 226 valence electrons. The first-order valence-electron chi connectivity index (χ1n) is 15.0. The first-order chi connectivity index (χ1) is 21.0. The maximum absolute atomic E-state index is 13.9. The summed E-state index contributed by atoms with van der Waals surface area (Å²) >= 11 is 0. The van der Waals surface area contributed by atoms with Gasteiger partial charge in [0.1, 0.15) is 0 Å². The van der Waals surface area contributed by atoms with Gasteiger partial charge in [-0.15, -0.1) is 0 Å². The summed E-state index contributed by atoms with van der Waals surface area (Å²) in [6, 6.07) is 22.8. The Balaban J connectivity index is 1.46. The molecule has 1 amide bonds. The number of piperidine rings is 1. The molecular weight excluding hydrogens is 568 g/mol. The lowest BCUT2D eigenvalue weighted by Gasteiger charge is -2.30. The number of likely N-dealkylation sites (tertiary alicyclic amines) is 1. The van der Waals surface area contributed by atoms with Gasteiger partial charge in [-0.25, -0.2) is 17.4 Å². The number of hydrogen-bond donors (Lipinski definition) is 0. The van der Waals surface area contributed by atoms with Crippen LogP contribution in [-0.2, 0) is 10.0 Å². The third kappa shape index (κ3) is 5.55. The molecule has 0 aliphatic carbocycles. The number of nitrogens with zero attached hydrogens (tertiary/aromatic N) is 4. The van der Waals surface area contributed by atoms with Crippen molar-refractivity contribution in [3.05, 3.63) is 107 Å². The van der Waals surface area contributed by atoms with E-state index in [-0.39, 0.29) is 10.8 Å². The zero-order valence-corrected chi connectivity index (χ0v) is 26.7. The Hall–Kier alpha value is -4.27. The summed E-state index contributed by atoms with van der Waals surface area (Å²) in [7, 11) is 1.70. The van der Waals surface area contributed by atoms with Crippen LogP contribution in [0.25, 0.3) is 33.3 Å². The zero-order chi connectivity index (χ0) is 31.2. The van der Waals surface area contributed by atoms with Crippen LogP contribution in [0.15, 0.2) is 90.1 Å². The van der Waals surface area contributed by atoms with E-state index >= 15 is 0 Å². The molecule has 0 spiro atoms. The number of pyridine rings is 1. The summed E-state index contributed by atoms with van der Waals surface area (Å²) < 4.78 is 29.1. The number of benzene rings is 3. The summed E-state index contributed by atoms with van der Waals surface area (Å²) in [6.45, 7) is 6.33. The minimum atomic E-state index is -3.92. The van der Waals surface area contributed by atoms with Gasteiger partial charge in [0.25, 0.3) is 15.9 Å². The molecule has 6 rings (SSSR count). The lowest BCUT2D eigenvalue weighted by molar-refractivity contribution is 0.0827. The van der Waals surface area contributed by atoms with Gasteiger partial charge in [-0.2, -0.15) is 0 Å². The van der Waals surface area contributed by atoms with Gasteiger partial charge in [0.15, 0.2) is 5.65 Å². The van der Waals surface area contributed by atoms with Crippen molar-refractivity contribution in [2.24, 2.45) is 0 Å². The van der Waals surface area contributed by atoms with Crippen LogP contribution in [0, 0.1) is 13.8 Å². The molecule has 1 aliphatic rings. The predicted molar refractivity (Wildman–Crippen MR) is 177 cm³/mol. The molecule has 2 aromatic heterocycles. The van der Waals surface area contributed by atoms with Crippen molar-refractivity contribution in [1.29, 1.82) is 0 Å². The number of fused-ring (bicyclic) bond motifs is 1. The Kier molecular flexibility index (Phi) is 7.90. The molecule has 0 unspecified atom stereocenters. The normalized spacial score (nSPS) is 14.7. The van der Waals surface area contributed by atoms with Gasteiger partial charge < -0.3 is 9.80 Å². The fourth-order valence-corrected chi connectivity index (χ4v) is 7.48. The molecule has 3 aromatic carbocycles. The van der Waals surface area contributed by atoms with Crippen LogP contribution in [0.2, 0.25) is 0 Å². The smallest absolute Gasteiger partial charge is 0.269 e. The minimum Gasteiger partial charge on any atom is -0.345 e. The van der Waals surface area contributed by atoms with Crippen LogP contribution < -0.4 is 0 Å². The van der Waals surface area contributed by atoms with Crippen molar-refractivity contribution in [2.75, 3.05) is 34.2 Å². The molecule has 0 atom stereocenters. The number of carbonyl (C=O) groups excluding carboxylic acids is 1. The van der Waals surface area contributed by atoms with Crippen LogP contribution in [0.4, 0.5) is 0 Å². The molecule has 1 aliphatic heterocycles. The zero-order valence-electron chi connectivity index (χ0n) is 25.9. The Morgan fingerprint density at radius 1 is 0.864 bits per heavy atom. The second-order valence-electron chi connectivity index (χ2n) is 12.2. The third-order valence-electron chi connectivity index (χ3n) is 8.80. The second-order valence-corrected chi connectivity index (χ2v) is 14.0. The Labute approximate surface area is 259 Å². The first-order valence-corrected chi connectivity index (χ1v) is 16.4. The van der Waals surface area contributed by atoms with Crippen molar-refractivity contribution >= 4 is 27.0 Å². The number of amides is 1. The molecule has 8 heteroatoms. The second kappa shape index (κ2) is 11.7. The van der Waals surface area contributed by atoms with Gasteiger partial charge in [-0.05, 0) is 105 Å². The lowest BCUT2D eigenvalue weighted by atomic mass is 9.86. The highest BCUT2D eigenvalue weighted by molar-refractivity contribution is 7.90. The molecule has 7 nitrogen and oxygen atoms in total. The quantitative estimate of drug-likeness (QED) is 0.214. The highest BCUT2D eigenvalue weighted by atomic mass is 32.2. The highest BCUT2D eigenvalue weighted by Gasteiger charge is 2.24. The van der Waals surface area contributed by atoms with Crippen molar-refractivity contribution < 1.29 is 13.2 Å². The average molecular weight is 607 g/mol. The molecule has 5 aromatic rings. The van der Waals surface area contributed by atoms with E-state index in [4.69, 9.17) is 4.98 Å². The first kappa shape index (κ1) is 29.8. The largest absolute Gasteiger partial charge is 0.345 e. The van der Waals surface area contributed by atoms with Crippen molar-refractivity contribution in [3.8, 4) is 22.3 Å². The monoisotopic (exact) mass is 606 g/mol. The highest BCUT2D eigenvalue weighted by Crippen LogP contribution is 2.37. The van der Waals surface area contributed by atoms with Crippen LogP contribution in [0.3, 0.4) is 0 Å². The number of rotatable bonds is 6. The Morgan fingerprint density at radius 3 is 2.16 bits per heavy atom. The molecule has 1 fully saturated rings. The summed E-state index contributed by atoms with van der Waals surface area (Å²) in [6.07, 6.45) is 5.73. The number of carbonyl (C=O) groups is 1. The van der Waals surface area contributed by atoms with Crippen LogP contribution in [0.1, 0.15) is 45.8 Å². The molecule has 0 saturated carbocycles. The molecule has 3 heterocycles. The fourth-order valence-electron chi connectivity index (χ4n) is 6.16. The van der Waals surface area contributed by atoms with Crippen molar-refractivity contribution in [3.63, 3.8) is 0 Å². The molecule has 44 heavy (non-hydrogen) atoms. The maximum Gasteiger partial charge on any atom is 0.269 e. The maximum atomic E-state index is 13.9. The minimum absolute atomic E-state index is 0.0936. The number of aromatic nitrogens is 2. The van der Waals surface area contributed by atoms with E-state index in [0.717, 1.165) is 59.1 Å².